The zero-order valence-corrected chi connectivity index (χ0v) is 21.3. The molecule has 0 spiro atoms. The van der Waals surface area contributed by atoms with Gasteiger partial charge in [0.05, 0.1) is 16.2 Å². The molecule has 1 amide bonds. The summed E-state index contributed by atoms with van der Waals surface area (Å²) in [4.78, 5) is 29.6. The molecule has 1 N–H and O–H groups in total. The number of thiazole rings is 1. The zero-order chi connectivity index (χ0) is 26.0. The van der Waals surface area contributed by atoms with Gasteiger partial charge in [-0.1, -0.05) is 48.5 Å². The third kappa shape index (κ3) is 5.21. The number of carbonyl (C=O) groups excluding carboxylic acids is 1. The van der Waals surface area contributed by atoms with Gasteiger partial charge in [0.15, 0.2) is 5.13 Å². The second-order valence-corrected chi connectivity index (χ2v) is 11.2. The summed E-state index contributed by atoms with van der Waals surface area (Å²) in [7, 11) is -2.22. The molecule has 2 aromatic heterocycles. The first-order valence-electron chi connectivity index (χ1n) is 11.2. The van der Waals surface area contributed by atoms with Crippen molar-refractivity contribution in [1.82, 2.24) is 9.29 Å². The van der Waals surface area contributed by atoms with Gasteiger partial charge in [0.1, 0.15) is 5.58 Å². The van der Waals surface area contributed by atoms with Gasteiger partial charge in [-0.2, -0.15) is 4.31 Å². The minimum Gasteiger partial charge on any atom is -0.422 e. The molecular formula is C27H21N3O5S2. The lowest BCUT2D eigenvalue weighted by atomic mass is 10.1. The molecule has 0 unspecified atom stereocenters. The molecule has 0 saturated carbocycles. The summed E-state index contributed by atoms with van der Waals surface area (Å²) in [5.74, 6) is -0.451. The summed E-state index contributed by atoms with van der Waals surface area (Å²) < 4.78 is 32.5. The molecule has 0 bridgehead atoms. The first-order chi connectivity index (χ1) is 17.8. The van der Waals surface area contributed by atoms with Crippen LogP contribution in [0, 0.1) is 0 Å². The Morgan fingerprint density at radius 1 is 1.00 bits per heavy atom. The van der Waals surface area contributed by atoms with Crippen molar-refractivity contribution in [3.63, 3.8) is 0 Å². The van der Waals surface area contributed by atoms with Gasteiger partial charge in [-0.3, -0.25) is 10.1 Å². The summed E-state index contributed by atoms with van der Waals surface area (Å²) in [6.07, 6.45) is 0. The average Bonchev–Trinajstić information content (AvgIpc) is 3.37. The Morgan fingerprint density at radius 3 is 2.46 bits per heavy atom. The lowest BCUT2D eigenvalue weighted by molar-refractivity contribution is 0.102. The predicted molar refractivity (Wildman–Crippen MR) is 143 cm³/mol. The minimum absolute atomic E-state index is 0.0852. The van der Waals surface area contributed by atoms with Crippen LogP contribution < -0.4 is 10.9 Å². The first kappa shape index (κ1) is 24.6. The Labute approximate surface area is 216 Å². The second kappa shape index (κ2) is 10.1. The molecule has 3 aromatic carbocycles. The van der Waals surface area contributed by atoms with E-state index >= 15 is 0 Å². The fourth-order valence-electron chi connectivity index (χ4n) is 3.75. The van der Waals surface area contributed by atoms with E-state index < -0.39 is 21.6 Å². The van der Waals surface area contributed by atoms with E-state index in [1.165, 1.54) is 47.0 Å². The predicted octanol–water partition coefficient (Wildman–Crippen LogP) is 4.99. The third-order valence-electron chi connectivity index (χ3n) is 5.71. The SMILES string of the molecule is CN(Cc1ccccc1)S(=O)(=O)c1ccc(C(=O)Nc2nc(-c3cc4ccccc4oc3=O)cs2)cc1. The van der Waals surface area contributed by atoms with Gasteiger partial charge in [-0.05, 0) is 42.0 Å². The molecule has 0 fully saturated rings. The second-order valence-electron chi connectivity index (χ2n) is 8.25. The number of nitrogens with one attached hydrogen (secondary N) is 1. The van der Waals surface area contributed by atoms with E-state index in [-0.39, 0.29) is 17.0 Å². The normalized spacial score (nSPS) is 11.6. The Balaban J connectivity index is 1.29. The number of benzene rings is 3. The van der Waals surface area contributed by atoms with Crippen LogP contribution in [0.15, 0.2) is 104 Å². The summed E-state index contributed by atoms with van der Waals surface area (Å²) >= 11 is 1.17. The standard InChI is InChI=1S/C27H21N3O5S2/c1-30(16-18-7-3-2-4-8-18)37(33,34)21-13-11-19(12-14-21)25(31)29-27-28-23(17-36-27)22-15-20-9-5-6-10-24(20)35-26(22)32/h2-15,17H,16H2,1H3,(H,28,29,31). The van der Waals surface area contributed by atoms with Crippen LogP contribution in [-0.2, 0) is 16.6 Å². The monoisotopic (exact) mass is 531 g/mol. The van der Waals surface area contributed by atoms with Gasteiger partial charge >= 0.3 is 5.63 Å². The number of fused-ring (bicyclic) bond motifs is 1. The molecular weight excluding hydrogens is 510 g/mol. The van der Waals surface area contributed by atoms with Crippen LogP contribution >= 0.6 is 11.3 Å². The molecule has 8 nitrogen and oxygen atoms in total. The van der Waals surface area contributed by atoms with E-state index in [9.17, 15) is 18.0 Å². The molecule has 0 aliphatic rings. The smallest absolute Gasteiger partial charge is 0.345 e. The van der Waals surface area contributed by atoms with Gasteiger partial charge in [0, 0.05) is 29.9 Å². The number of amides is 1. The number of rotatable bonds is 7. The molecule has 37 heavy (non-hydrogen) atoms. The number of aromatic nitrogens is 1. The van der Waals surface area contributed by atoms with Gasteiger partial charge in [-0.15, -0.1) is 11.3 Å². The maximum atomic E-state index is 12.9. The van der Waals surface area contributed by atoms with Crippen LogP contribution in [0.5, 0.6) is 0 Å². The van der Waals surface area contributed by atoms with Crippen molar-refractivity contribution in [3.8, 4) is 11.3 Å². The Kier molecular flexibility index (Phi) is 6.70. The highest BCUT2D eigenvalue weighted by Gasteiger charge is 2.21. The number of hydrogen-bond acceptors (Lipinski definition) is 7. The number of para-hydroxylation sites is 1. The molecule has 5 aromatic rings. The molecule has 0 aliphatic heterocycles. The van der Waals surface area contributed by atoms with Crippen LogP contribution in [0.3, 0.4) is 0 Å². The summed E-state index contributed by atoms with van der Waals surface area (Å²) in [6, 6.07) is 23.9. The summed E-state index contributed by atoms with van der Waals surface area (Å²) in [5, 5.41) is 5.42. The summed E-state index contributed by atoms with van der Waals surface area (Å²) in [6.45, 7) is 0.230. The van der Waals surface area contributed by atoms with E-state index in [4.69, 9.17) is 4.42 Å². The van der Waals surface area contributed by atoms with E-state index in [1.54, 1.807) is 23.6 Å². The number of nitrogens with zero attached hydrogens (tertiary/aromatic N) is 2. The number of sulfonamides is 1. The maximum Gasteiger partial charge on any atom is 0.345 e. The van der Waals surface area contributed by atoms with E-state index in [2.05, 4.69) is 10.3 Å². The molecule has 0 atom stereocenters. The lowest BCUT2D eigenvalue weighted by Gasteiger charge is -2.17. The van der Waals surface area contributed by atoms with E-state index in [1.807, 2.05) is 42.5 Å². The van der Waals surface area contributed by atoms with Crippen molar-refractivity contribution in [2.75, 3.05) is 12.4 Å². The molecule has 2 heterocycles. The molecule has 0 radical (unpaired) electrons. The van der Waals surface area contributed by atoms with E-state index in [0.717, 1.165) is 10.9 Å². The topological polar surface area (TPSA) is 110 Å². The van der Waals surface area contributed by atoms with Crippen molar-refractivity contribution < 1.29 is 17.6 Å². The van der Waals surface area contributed by atoms with Gasteiger partial charge < -0.3 is 4.42 Å². The maximum absolute atomic E-state index is 12.9. The molecule has 10 heteroatoms. The Hall–Kier alpha value is -4.12. The van der Waals surface area contributed by atoms with Crippen molar-refractivity contribution in [3.05, 3.63) is 112 Å². The molecule has 5 rings (SSSR count). The van der Waals surface area contributed by atoms with Gasteiger partial charge in [0.2, 0.25) is 10.0 Å². The van der Waals surface area contributed by atoms with Gasteiger partial charge in [0.25, 0.3) is 5.91 Å². The number of hydrogen-bond donors (Lipinski definition) is 1. The molecule has 0 aliphatic carbocycles. The zero-order valence-electron chi connectivity index (χ0n) is 19.6. The van der Waals surface area contributed by atoms with Crippen molar-refractivity contribution >= 4 is 43.4 Å². The van der Waals surface area contributed by atoms with Crippen LogP contribution in [0.2, 0.25) is 0 Å². The van der Waals surface area contributed by atoms with Crippen LogP contribution in [0.4, 0.5) is 5.13 Å². The van der Waals surface area contributed by atoms with Crippen molar-refractivity contribution in [1.29, 1.82) is 0 Å². The number of carbonyl (C=O) groups is 1. The number of anilines is 1. The highest BCUT2D eigenvalue weighted by molar-refractivity contribution is 7.89. The van der Waals surface area contributed by atoms with Crippen LogP contribution in [-0.4, -0.2) is 30.7 Å². The summed E-state index contributed by atoms with van der Waals surface area (Å²) in [5.41, 5.74) is 1.79. The Bertz CT molecular complexity index is 1740. The van der Waals surface area contributed by atoms with Crippen molar-refractivity contribution in [2.24, 2.45) is 0 Å². The fourth-order valence-corrected chi connectivity index (χ4v) is 5.61. The Morgan fingerprint density at radius 2 is 1.70 bits per heavy atom. The lowest BCUT2D eigenvalue weighted by Crippen LogP contribution is -2.26. The fraction of sp³-hybridized carbons (Fsp3) is 0.0741. The molecule has 0 saturated heterocycles. The van der Waals surface area contributed by atoms with Crippen molar-refractivity contribution in [2.45, 2.75) is 11.4 Å². The average molecular weight is 532 g/mol. The quantitative estimate of drug-likeness (QED) is 0.296. The third-order valence-corrected chi connectivity index (χ3v) is 8.29. The highest BCUT2D eigenvalue weighted by atomic mass is 32.2. The first-order valence-corrected chi connectivity index (χ1v) is 13.5. The van der Waals surface area contributed by atoms with Crippen LogP contribution in [0.25, 0.3) is 22.2 Å². The highest BCUT2D eigenvalue weighted by Crippen LogP contribution is 2.26. The molecule has 186 valence electrons. The minimum atomic E-state index is -3.73. The van der Waals surface area contributed by atoms with Gasteiger partial charge in [-0.25, -0.2) is 18.2 Å². The van der Waals surface area contributed by atoms with E-state index in [0.29, 0.717) is 22.0 Å². The largest absolute Gasteiger partial charge is 0.422 e. The van der Waals surface area contributed by atoms with Crippen LogP contribution in [0.1, 0.15) is 15.9 Å².